The van der Waals surface area contributed by atoms with Crippen molar-refractivity contribution in [1.82, 2.24) is 0 Å². The summed E-state index contributed by atoms with van der Waals surface area (Å²) in [6.07, 6.45) is 6.06. The minimum absolute atomic E-state index is 0.0533. The van der Waals surface area contributed by atoms with Gasteiger partial charge in [0.25, 0.3) is 0 Å². The summed E-state index contributed by atoms with van der Waals surface area (Å²) in [5.74, 6) is -0.135. The lowest BCUT2D eigenvalue weighted by molar-refractivity contribution is 0.405. The largest absolute Gasteiger partial charge is 0.504 e. The van der Waals surface area contributed by atoms with Gasteiger partial charge in [0, 0.05) is 5.56 Å². The van der Waals surface area contributed by atoms with Gasteiger partial charge in [0.1, 0.15) is 0 Å². The fraction of sp³-hybridized carbons (Fsp3) is 0.222. The molecule has 0 aliphatic carbocycles. The van der Waals surface area contributed by atoms with Crippen LogP contribution in [0.3, 0.4) is 0 Å². The lowest BCUT2D eigenvalue weighted by Gasteiger charge is -2.14. The van der Waals surface area contributed by atoms with E-state index in [0.717, 1.165) is 24.0 Å². The number of hydrogen-bond acceptors (Lipinski definition) is 2. The average Bonchev–Trinajstić information content (AvgIpc) is 2.44. The van der Waals surface area contributed by atoms with Crippen LogP contribution in [-0.4, -0.2) is 10.2 Å². The monoisotopic (exact) mass is 268 g/mol. The maximum Gasteiger partial charge on any atom is 0.165 e. The molecule has 2 N–H and O–H groups in total. The SMILES string of the molecule is CC=Cc1cccc(-c2cccc(O)c2O)c1CCC. The van der Waals surface area contributed by atoms with Crippen LogP contribution in [0.4, 0.5) is 0 Å². The van der Waals surface area contributed by atoms with E-state index in [1.165, 1.54) is 11.6 Å². The number of phenols is 2. The van der Waals surface area contributed by atoms with Crippen LogP contribution in [0.15, 0.2) is 42.5 Å². The van der Waals surface area contributed by atoms with Crippen molar-refractivity contribution < 1.29 is 10.2 Å². The lowest BCUT2D eigenvalue weighted by atomic mass is 9.91. The molecule has 0 bridgehead atoms. The van der Waals surface area contributed by atoms with Crippen molar-refractivity contribution in [2.24, 2.45) is 0 Å². The van der Waals surface area contributed by atoms with Crippen molar-refractivity contribution in [3.63, 3.8) is 0 Å². The number of benzene rings is 2. The van der Waals surface area contributed by atoms with Crippen molar-refractivity contribution in [3.8, 4) is 22.6 Å². The summed E-state index contributed by atoms with van der Waals surface area (Å²) in [4.78, 5) is 0. The summed E-state index contributed by atoms with van der Waals surface area (Å²) in [7, 11) is 0. The minimum Gasteiger partial charge on any atom is -0.504 e. The van der Waals surface area contributed by atoms with Gasteiger partial charge in [0.2, 0.25) is 0 Å². The highest BCUT2D eigenvalue weighted by atomic mass is 16.3. The smallest absolute Gasteiger partial charge is 0.165 e. The molecule has 20 heavy (non-hydrogen) atoms. The first-order valence-corrected chi connectivity index (χ1v) is 6.95. The van der Waals surface area contributed by atoms with E-state index in [-0.39, 0.29) is 11.5 Å². The number of hydrogen-bond donors (Lipinski definition) is 2. The molecule has 2 rings (SSSR count). The Morgan fingerprint density at radius 1 is 1.00 bits per heavy atom. The van der Waals surface area contributed by atoms with E-state index in [0.29, 0.717) is 5.56 Å². The molecule has 0 saturated carbocycles. The van der Waals surface area contributed by atoms with Crippen LogP contribution >= 0.6 is 0 Å². The molecule has 0 aliphatic heterocycles. The van der Waals surface area contributed by atoms with Gasteiger partial charge in [0.15, 0.2) is 11.5 Å². The Bertz CT molecular complexity index is 627. The molecule has 0 saturated heterocycles. The number of rotatable bonds is 4. The molecule has 0 unspecified atom stereocenters. The van der Waals surface area contributed by atoms with E-state index in [4.69, 9.17) is 0 Å². The molecule has 0 amide bonds. The third-order valence-corrected chi connectivity index (χ3v) is 3.36. The molecule has 104 valence electrons. The Kier molecular flexibility index (Phi) is 4.46. The topological polar surface area (TPSA) is 40.5 Å². The Labute approximate surface area is 120 Å². The van der Waals surface area contributed by atoms with Gasteiger partial charge < -0.3 is 10.2 Å². The molecular formula is C18H20O2. The van der Waals surface area contributed by atoms with Crippen LogP contribution in [0.2, 0.25) is 0 Å². The van der Waals surface area contributed by atoms with Crippen molar-refractivity contribution in [2.45, 2.75) is 26.7 Å². The maximum absolute atomic E-state index is 10.1. The minimum atomic E-state index is -0.0821. The molecule has 0 aliphatic rings. The predicted molar refractivity (Wildman–Crippen MR) is 83.9 cm³/mol. The third-order valence-electron chi connectivity index (χ3n) is 3.36. The number of aromatic hydroxyl groups is 2. The highest BCUT2D eigenvalue weighted by molar-refractivity contribution is 5.78. The van der Waals surface area contributed by atoms with Gasteiger partial charge in [0.05, 0.1) is 0 Å². The molecule has 2 nitrogen and oxygen atoms in total. The first-order chi connectivity index (χ1) is 9.69. The van der Waals surface area contributed by atoms with Crippen LogP contribution in [-0.2, 0) is 6.42 Å². The summed E-state index contributed by atoms with van der Waals surface area (Å²) < 4.78 is 0. The average molecular weight is 268 g/mol. The van der Waals surface area contributed by atoms with Gasteiger partial charge >= 0.3 is 0 Å². The third kappa shape index (κ3) is 2.69. The zero-order valence-electron chi connectivity index (χ0n) is 11.9. The molecule has 0 atom stereocenters. The van der Waals surface area contributed by atoms with E-state index >= 15 is 0 Å². The predicted octanol–water partition coefficient (Wildman–Crippen LogP) is 4.75. The highest BCUT2D eigenvalue weighted by Gasteiger charge is 2.13. The van der Waals surface area contributed by atoms with E-state index in [2.05, 4.69) is 19.1 Å². The van der Waals surface area contributed by atoms with E-state index in [1.54, 1.807) is 6.07 Å². The summed E-state index contributed by atoms with van der Waals surface area (Å²) in [5.41, 5.74) is 4.03. The zero-order chi connectivity index (χ0) is 14.5. The Hall–Kier alpha value is -2.22. The van der Waals surface area contributed by atoms with Crippen LogP contribution in [0.1, 0.15) is 31.4 Å². The van der Waals surface area contributed by atoms with Crippen LogP contribution in [0.5, 0.6) is 11.5 Å². The normalized spacial score (nSPS) is 11.1. The molecule has 2 aromatic carbocycles. The van der Waals surface area contributed by atoms with Crippen LogP contribution < -0.4 is 0 Å². The molecule has 0 radical (unpaired) electrons. The summed E-state index contributed by atoms with van der Waals surface area (Å²) in [6, 6.07) is 11.1. The second kappa shape index (κ2) is 6.29. The van der Waals surface area contributed by atoms with Gasteiger partial charge in [-0.25, -0.2) is 0 Å². The summed E-state index contributed by atoms with van der Waals surface area (Å²) >= 11 is 0. The fourth-order valence-electron chi connectivity index (χ4n) is 2.47. The van der Waals surface area contributed by atoms with Gasteiger partial charge in [-0.2, -0.15) is 0 Å². The molecule has 2 aromatic rings. The van der Waals surface area contributed by atoms with E-state index in [9.17, 15) is 10.2 Å². The molecular weight excluding hydrogens is 248 g/mol. The summed E-state index contributed by atoms with van der Waals surface area (Å²) in [5, 5.41) is 19.8. The van der Waals surface area contributed by atoms with Crippen molar-refractivity contribution in [3.05, 3.63) is 53.6 Å². The first kappa shape index (κ1) is 14.2. The van der Waals surface area contributed by atoms with Crippen molar-refractivity contribution >= 4 is 6.08 Å². The van der Waals surface area contributed by atoms with Gasteiger partial charge in [-0.15, -0.1) is 0 Å². The second-order valence-corrected chi connectivity index (χ2v) is 4.80. The Morgan fingerprint density at radius 2 is 1.70 bits per heavy atom. The number of phenolic OH excluding ortho intramolecular Hbond substituents is 2. The molecule has 0 aromatic heterocycles. The number of allylic oxidation sites excluding steroid dienone is 1. The Morgan fingerprint density at radius 3 is 2.40 bits per heavy atom. The van der Waals surface area contributed by atoms with Gasteiger partial charge in [-0.3, -0.25) is 0 Å². The molecule has 2 heteroatoms. The van der Waals surface area contributed by atoms with E-state index < -0.39 is 0 Å². The van der Waals surface area contributed by atoms with Crippen LogP contribution in [0.25, 0.3) is 17.2 Å². The second-order valence-electron chi connectivity index (χ2n) is 4.80. The molecule has 0 heterocycles. The van der Waals surface area contributed by atoms with Crippen molar-refractivity contribution in [2.75, 3.05) is 0 Å². The van der Waals surface area contributed by atoms with Crippen molar-refractivity contribution in [1.29, 1.82) is 0 Å². The number of para-hydroxylation sites is 1. The molecule has 0 fully saturated rings. The highest BCUT2D eigenvalue weighted by Crippen LogP contribution is 2.38. The van der Waals surface area contributed by atoms with E-state index in [1.807, 2.05) is 31.2 Å². The summed E-state index contributed by atoms with van der Waals surface area (Å²) in [6.45, 7) is 4.13. The van der Waals surface area contributed by atoms with Gasteiger partial charge in [-0.05, 0) is 36.1 Å². The lowest BCUT2D eigenvalue weighted by Crippen LogP contribution is -1.94. The standard InChI is InChI=1S/C18H20O2/c1-3-7-13-9-5-10-15(14(13)8-4-2)16-11-6-12-17(19)18(16)20/h3,5-7,9-12,19-20H,4,8H2,1-2H3. The molecule has 0 spiro atoms. The first-order valence-electron chi connectivity index (χ1n) is 6.95. The quantitative estimate of drug-likeness (QED) is 0.785. The van der Waals surface area contributed by atoms with Gasteiger partial charge in [-0.1, -0.05) is 55.8 Å². The Balaban J connectivity index is 2.67. The van der Waals surface area contributed by atoms with Crippen LogP contribution in [0, 0.1) is 0 Å². The fourth-order valence-corrected chi connectivity index (χ4v) is 2.47. The zero-order valence-corrected chi connectivity index (χ0v) is 11.9. The maximum atomic E-state index is 10.1.